The van der Waals surface area contributed by atoms with E-state index in [0.29, 0.717) is 10.1 Å². The summed E-state index contributed by atoms with van der Waals surface area (Å²) >= 11 is 1.97. The number of amides is 1. The maximum atomic E-state index is 14.8. The van der Waals surface area contributed by atoms with Crippen molar-refractivity contribution in [1.82, 2.24) is 15.1 Å². The highest BCUT2D eigenvalue weighted by Gasteiger charge is 2.44. The van der Waals surface area contributed by atoms with E-state index in [2.05, 4.69) is 27.7 Å². The van der Waals surface area contributed by atoms with Crippen LogP contribution in [0.3, 0.4) is 0 Å². The number of alkyl halides is 1. The van der Waals surface area contributed by atoms with Crippen LogP contribution in [0.25, 0.3) is 0 Å². The van der Waals surface area contributed by atoms with Crippen LogP contribution in [0.1, 0.15) is 28.8 Å². The molecule has 3 N–H and O–H groups in total. The van der Waals surface area contributed by atoms with Crippen LogP contribution in [0.5, 0.6) is 0 Å². The van der Waals surface area contributed by atoms with Gasteiger partial charge in [-0.3, -0.25) is 9.69 Å². The van der Waals surface area contributed by atoms with E-state index in [4.69, 9.17) is 0 Å². The molecule has 2 heterocycles. The van der Waals surface area contributed by atoms with Crippen LogP contribution >= 0.6 is 22.6 Å². The summed E-state index contributed by atoms with van der Waals surface area (Å²) in [5.41, 5.74) is -0.276. The highest BCUT2D eigenvalue weighted by atomic mass is 127. The molecule has 208 valence electrons. The van der Waals surface area contributed by atoms with Gasteiger partial charge in [0.15, 0.2) is 11.6 Å². The van der Waals surface area contributed by atoms with Gasteiger partial charge in [-0.15, -0.1) is 0 Å². The zero-order chi connectivity index (χ0) is 27.6. The summed E-state index contributed by atoms with van der Waals surface area (Å²) in [6.07, 6.45) is 5.03. The molecule has 3 aliphatic rings. The predicted octanol–water partition coefficient (Wildman–Crippen LogP) is 4.41. The highest BCUT2D eigenvalue weighted by molar-refractivity contribution is 14.1. The van der Waals surface area contributed by atoms with Gasteiger partial charge in [-0.1, -0.05) is 42.5 Å². The quantitative estimate of drug-likeness (QED) is 0.369. The summed E-state index contributed by atoms with van der Waals surface area (Å²) in [5.74, 6) is -2.91. The molecule has 0 bridgehead atoms. The second kappa shape index (κ2) is 12.0. The average Bonchev–Trinajstić information content (AvgIpc) is 2.91. The van der Waals surface area contributed by atoms with Crippen LogP contribution in [0.2, 0.25) is 0 Å². The van der Waals surface area contributed by atoms with Gasteiger partial charge in [-0.05, 0) is 72.3 Å². The van der Waals surface area contributed by atoms with Gasteiger partial charge in [0.05, 0.1) is 30.4 Å². The summed E-state index contributed by atoms with van der Waals surface area (Å²) in [6, 6.07) is 11.8. The minimum Gasteiger partial charge on any atom is -0.385 e. The Bertz CT molecular complexity index is 1240. The largest absolute Gasteiger partial charge is 0.385 e. The molecule has 0 spiro atoms. The molecular weight excluding hydrogens is 620 g/mol. The lowest BCUT2D eigenvalue weighted by Gasteiger charge is -2.47. The van der Waals surface area contributed by atoms with Gasteiger partial charge in [-0.25, -0.2) is 13.2 Å². The lowest BCUT2D eigenvalue weighted by Crippen LogP contribution is -2.68. The number of carbonyl (C=O) groups excluding carboxylic acids is 1. The Labute approximate surface area is 240 Å². The van der Waals surface area contributed by atoms with Crippen molar-refractivity contribution >= 4 is 34.2 Å². The molecule has 2 atom stereocenters. The normalized spacial score (nSPS) is 23.3. The van der Waals surface area contributed by atoms with Crippen LogP contribution in [-0.2, 0) is 6.54 Å². The summed E-state index contributed by atoms with van der Waals surface area (Å²) < 4.78 is 44.0. The van der Waals surface area contributed by atoms with Crippen molar-refractivity contribution < 1.29 is 23.1 Å². The number of likely N-dealkylation sites (tertiary alicyclic amines) is 2. The van der Waals surface area contributed by atoms with Gasteiger partial charge in [0, 0.05) is 22.7 Å². The average molecular weight is 652 g/mol. The number of benzene rings is 2. The smallest absolute Gasteiger partial charge is 0.256 e. The van der Waals surface area contributed by atoms with Crippen molar-refractivity contribution in [3.63, 3.8) is 0 Å². The Balaban J connectivity index is 1.13. The summed E-state index contributed by atoms with van der Waals surface area (Å²) in [7, 11) is 0. The first-order chi connectivity index (χ1) is 18.7. The first-order valence-electron chi connectivity index (χ1n) is 13.2. The number of hydrogen-bond donors (Lipinski definition) is 3. The molecule has 0 aromatic heterocycles. The summed E-state index contributed by atoms with van der Waals surface area (Å²) in [5, 5.41) is 17.1. The van der Waals surface area contributed by atoms with E-state index < -0.39 is 35.4 Å². The summed E-state index contributed by atoms with van der Waals surface area (Å²) in [6.45, 7) is 3.33. The van der Waals surface area contributed by atoms with Crippen LogP contribution < -0.4 is 10.6 Å². The van der Waals surface area contributed by atoms with E-state index in [9.17, 15) is 23.1 Å². The van der Waals surface area contributed by atoms with Crippen molar-refractivity contribution in [2.45, 2.75) is 43.2 Å². The van der Waals surface area contributed by atoms with Gasteiger partial charge in [-0.2, -0.15) is 0 Å². The fourth-order valence-corrected chi connectivity index (χ4v) is 5.89. The number of nitrogens with zero attached hydrogens (tertiary/aromatic N) is 2. The van der Waals surface area contributed by atoms with Crippen molar-refractivity contribution in [2.75, 3.05) is 38.0 Å². The minimum absolute atomic E-state index is 0.0696. The third-order valence-corrected chi connectivity index (χ3v) is 8.29. The SMILES string of the molecule is O=C(c1ccc(F)c(F)c1NC1C=CC(I)=CC1F)N1CC(O)(CNC2CCN(Cc3ccccc3)CC2)C1. The number of allylic oxidation sites excluding steroid dienone is 2. The molecule has 2 aromatic rings. The third-order valence-electron chi connectivity index (χ3n) is 7.57. The monoisotopic (exact) mass is 652 g/mol. The second-order valence-electron chi connectivity index (χ2n) is 10.6. The number of aliphatic hydroxyl groups is 1. The number of β-amino-alcohol motifs (C(OH)–C–C–N with tert-alkyl or cyclic N) is 1. The molecule has 2 unspecified atom stereocenters. The van der Waals surface area contributed by atoms with Crippen molar-refractivity contribution in [3.05, 3.63) is 87.0 Å². The molecular formula is C29H32F3IN4O2. The van der Waals surface area contributed by atoms with Crippen molar-refractivity contribution in [2.24, 2.45) is 0 Å². The zero-order valence-corrected chi connectivity index (χ0v) is 23.6. The fraction of sp³-hybridized carbons (Fsp3) is 0.414. The van der Waals surface area contributed by atoms with Crippen LogP contribution in [0.4, 0.5) is 18.9 Å². The molecule has 0 saturated carbocycles. The van der Waals surface area contributed by atoms with Crippen molar-refractivity contribution in [3.8, 4) is 0 Å². The number of hydrogen-bond acceptors (Lipinski definition) is 5. The number of nitrogens with one attached hydrogen (secondary N) is 2. The highest BCUT2D eigenvalue weighted by Crippen LogP contribution is 2.31. The Kier molecular flexibility index (Phi) is 8.65. The zero-order valence-electron chi connectivity index (χ0n) is 21.4. The Morgan fingerprint density at radius 1 is 1.10 bits per heavy atom. The van der Waals surface area contributed by atoms with E-state index in [1.165, 1.54) is 28.7 Å². The molecule has 1 amide bonds. The van der Waals surface area contributed by atoms with E-state index in [1.807, 2.05) is 40.8 Å². The van der Waals surface area contributed by atoms with Crippen LogP contribution in [0, 0.1) is 11.6 Å². The Hall–Kier alpha value is -2.41. The topological polar surface area (TPSA) is 67.8 Å². The van der Waals surface area contributed by atoms with Gasteiger partial charge >= 0.3 is 0 Å². The van der Waals surface area contributed by atoms with E-state index >= 15 is 0 Å². The molecule has 2 aliphatic heterocycles. The molecule has 1 aliphatic carbocycles. The van der Waals surface area contributed by atoms with E-state index in [-0.39, 0.29) is 30.4 Å². The van der Waals surface area contributed by atoms with Gasteiger partial charge < -0.3 is 20.6 Å². The molecule has 39 heavy (non-hydrogen) atoms. The minimum atomic E-state index is -1.46. The van der Waals surface area contributed by atoms with E-state index in [0.717, 1.165) is 38.5 Å². The van der Waals surface area contributed by atoms with E-state index in [1.54, 1.807) is 6.08 Å². The number of rotatable bonds is 8. The fourth-order valence-electron chi connectivity index (χ4n) is 5.34. The predicted molar refractivity (Wildman–Crippen MR) is 154 cm³/mol. The first-order valence-corrected chi connectivity index (χ1v) is 14.2. The van der Waals surface area contributed by atoms with Gasteiger partial charge in [0.2, 0.25) is 0 Å². The Morgan fingerprint density at radius 2 is 1.82 bits per heavy atom. The van der Waals surface area contributed by atoms with Crippen LogP contribution in [-0.4, -0.2) is 77.4 Å². The second-order valence-corrected chi connectivity index (χ2v) is 11.9. The molecule has 5 rings (SSSR count). The lowest BCUT2D eigenvalue weighted by atomic mass is 9.91. The maximum Gasteiger partial charge on any atom is 0.256 e. The molecule has 2 saturated heterocycles. The third kappa shape index (κ3) is 6.67. The molecule has 6 nitrogen and oxygen atoms in total. The van der Waals surface area contributed by atoms with Crippen LogP contribution in [0.15, 0.2) is 64.3 Å². The molecule has 2 aromatic carbocycles. The first kappa shape index (κ1) is 28.1. The Morgan fingerprint density at radius 3 is 2.51 bits per heavy atom. The summed E-state index contributed by atoms with van der Waals surface area (Å²) in [4.78, 5) is 17.0. The number of halogens is 4. The van der Waals surface area contributed by atoms with Gasteiger partial charge in [0.1, 0.15) is 11.8 Å². The molecule has 2 fully saturated rings. The lowest BCUT2D eigenvalue weighted by molar-refractivity contribution is -0.0805. The molecule has 10 heteroatoms. The standard InChI is InChI=1S/C29H32F3IN4O2/c30-23-8-7-22(27(26(23)32)35-25-9-6-20(33)14-24(25)31)28(38)37-17-29(39,18-37)16-34-21-10-12-36(13-11-21)15-19-4-2-1-3-5-19/h1-9,14,21,24-25,34-35,39H,10-13,15-18H2. The molecule has 0 radical (unpaired) electrons. The number of anilines is 1. The van der Waals surface area contributed by atoms with Gasteiger partial charge in [0.25, 0.3) is 5.91 Å². The van der Waals surface area contributed by atoms with Crippen molar-refractivity contribution in [1.29, 1.82) is 0 Å². The maximum absolute atomic E-state index is 14.8. The number of piperidine rings is 1. The number of carbonyl (C=O) groups is 1.